The maximum absolute atomic E-state index is 12.0. The number of hydrogen-bond donors (Lipinski definition) is 2. The fourth-order valence-corrected chi connectivity index (χ4v) is 3.20. The molecule has 0 radical (unpaired) electrons. The summed E-state index contributed by atoms with van der Waals surface area (Å²) in [5.74, 6) is 0.607. The Kier molecular flexibility index (Phi) is 6.04. The lowest BCUT2D eigenvalue weighted by Crippen LogP contribution is -2.24. The maximum atomic E-state index is 12.0. The van der Waals surface area contributed by atoms with Crippen LogP contribution in [0.4, 0.5) is 0 Å². The van der Waals surface area contributed by atoms with E-state index in [9.17, 15) is 9.90 Å². The molecule has 0 fully saturated rings. The van der Waals surface area contributed by atoms with Crippen molar-refractivity contribution in [2.24, 2.45) is 7.05 Å². The minimum atomic E-state index is -0.852. The Bertz CT molecular complexity index is 852. The van der Waals surface area contributed by atoms with Crippen LogP contribution in [0.15, 0.2) is 65.8 Å². The van der Waals surface area contributed by atoms with Crippen molar-refractivity contribution in [2.75, 3.05) is 5.75 Å². The number of hydrogen-bond acceptors (Lipinski definition) is 5. The van der Waals surface area contributed by atoms with Gasteiger partial charge in [0.1, 0.15) is 6.10 Å². The number of carbonyl (C=O) groups excluding carboxylic acids is 1. The Balaban J connectivity index is 1.56. The van der Waals surface area contributed by atoms with Crippen LogP contribution in [0.1, 0.15) is 23.1 Å². The van der Waals surface area contributed by atoms with Crippen molar-refractivity contribution in [1.29, 1.82) is 0 Å². The van der Waals surface area contributed by atoms with Crippen LogP contribution < -0.4 is 5.32 Å². The minimum Gasteiger partial charge on any atom is -0.380 e. The molecule has 1 atom stereocenters. The van der Waals surface area contributed by atoms with Crippen LogP contribution in [-0.4, -0.2) is 31.5 Å². The molecular weight excluding hydrogens is 348 g/mol. The van der Waals surface area contributed by atoms with Gasteiger partial charge in [-0.25, -0.2) is 0 Å². The van der Waals surface area contributed by atoms with E-state index in [2.05, 4.69) is 15.5 Å². The molecule has 2 aromatic carbocycles. The summed E-state index contributed by atoms with van der Waals surface area (Å²) in [4.78, 5) is 12.0. The van der Waals surface area contributed by atoms with Gasteiger partial charge in [-0.2, -0.15) is 0 Å². The number of nitrogens with one attached hydrogen (secondary N) is 1. The summed E-state index contributed by atoms with van der Waals surface area (Å²) in [6.07, 6.45) is -0.852. The summed E-state index contributed by atoms with van der Waals surface area (Å²) < 4.78 is 1.72. The number of aliphatic hydroxyl groups is 1. The first kappa shape index (κ1) is 18.2. The molecule has 7 heteroatoms. The van der Waals surface area contributed by atoms with E-state index >= 15 is 0 Å². The number of aromatic nitrogens is 3. The monoisotopic (exact) mass is 368 g/mol. The van der Waals surface area contributed by atoms with Gasteiger partial charge in [0.05, 0.1) is 5.75 Å². The van der Waals surface area contributed by atoms with Crippen molar-refractivity contribution in [2.45, 2.75) is 17.8 Å². The number of thioether (sulfide) groups is 1. The second-order valence-electron chi connectivity index (χ2n) is 5.76. The summed E-state index contributed by atoms with van der Waals surface area (Å²) in [5.41, 5.74) is 1.80. The van der Waals surface area contributed by atoms with Gasteiger partial charge in [0.2, 0.25) is 5.91 Å². The zero-order valence-corrected chi connectivity index (χ0v) is 15.2. The van der Waals surface area contributed by atoms with Gasteiger partial charge in [0.25, 0.3) is 0 Å². The number of rotatable bonds is 7. The van der Waals surface area contributed by atoms with Crippen molar-refractivity contribution in [1.82, 2.24) is 20.1 Å². The zero-order valence-electron chi connectivity index (χ0n) is 14.4. The van der Waals surface area contributed by atoms with Gasteiger partial charge in [-0.3, -0.25) is 4.79 Å². The summed E-state index contributed by atoms with van der Waals surface area (Å²) in [7, 11) is 1.78. The molecule has 0 aliphatic carbocycles. The summed E-state index contributed by atoms with van der Waals surface area (Å²) in [6, 6.07) is 19.0. The number of benzene rings is 2. The van der Waals surface area contributed by atoms with Crippen LogP contribution in [0.25, 0.3) is 0 Å². The molecule has 0 saturated carbocycles. The fraction of sp³-hybridized carbons (Fsp3) is 0.211. The van der Waals surface area contributed by atoms with Crippen LogP contribution >= 0.6 is 11.8 Å². The van der Waals surface area contributed by atoms with Crippen LogP contribution in [0, 0.1) is 0 Å². The molecule has 1 amide bonds. The van der Waals surface area contributed by atoms with Gasteiger partial charge in [0, 0.05) is 13.6 Å². The molecule has 2 N–H and O–H groups in total. The van der Waals surface area contributed by atoms with Crippen LogP contribution in [0.3, 0.4) is 0 Å². The molecule has 0 saturated heterocycles. The normalized spacial score (nSPS) is 11.9. The topological polar surface area (TPSA) is 80.0 Å². The molecule has 0 aliphatic heterocycles. The van der Waals surface area contributed by atoms with Crippen LogP contribution in [-0.2, 0) is 18.4 Å². The number of amides is 1. The Morgan fingerprint density at radius 3 is 2.46 bits per heavy atom. The highest BCUT2D eigenvalue weighted by molar-refractivity contribution is 7.99. The summed E-state index contributed by atoms with van der Waals surface area (Å²) >= 11 is 1.29. The van der Waals surface area contributed by atoms with E-state index in [-0.39, 0.29) is 11.7 Å². The van der Waals surface area contributed by atoms with Crippen LogP contribution in [0.5, 0.6) is 0 Å². The quantitative estimate of drug-likeness (QED) is 0.626. The van der Waals surface area contributed by atoms with Gasteiger partial charge < -0.3 is 15.0 Å². The van der Waals surface area contributed by atoms with Gasteiger partial charge in [-0.05, 0) is 11.1 Å². The van der Waals surface area contributed by atoms with E-state index < -0.39 is 6.10 Å². The Morgan fingerprint density at radius 2 is 1.77 bits per heavy atom. The van der Waals surface area contributed by atoms with E-state index in [1.807, 2.05) is 60.7 Å². The van der Waals surface area contributed by atoms with Crippen molar-refractivity contribution in [3.8, 4) is 0 Å². The van der Waals surface area contributed by atoms with E-state index in [1.165, 1.54) is 11.8 Å². The van der Waals surface area contributed by atoms with Crippen molar-refractivity contribution in [3.63, 3.8) is 0 Å². The maximum Gasteiger partial charge on any atom is 0.230 e. The highest BCUT2D eigenvalue weighted by atomic mass is 32.2. The van der Waals surface area contributed by atoms with E-state index in [4.69, 9.17) is 0 Å². The molecule has 0 aliphatic rings. The molecule has 134 valence electrons. The average Bonchev–Trinajstić information content (AvgIpc) is 3.06. The van der Waals surface area contributed by atoms with Gasteiger partial charge in [-0.1, -0.05) is 72.4 Å². The summed E-state index contributed by atoms with van der Waals surface area (Å²) in [5, 5.41) is 22.1. The highest BCUT2D eigenvalue weighted by Gasteiger charge is 2.19. The molecular formula is C19H20N4O2S. The van der Waals surface area contributed by atoms with E-state index in [0.29, 0.717) is 17.5 Å². The molecule has 26 heavy (non-hydrogen) atoms. The third-order valence-electron chi connectivity index (χ3n) is 3.89. The third kappa shape index (κ3) is 4.50. The first-order chi connectivity index (χ1) is 12.6. The van der Waals surface area contributed by atoms with E-state index in [0.717, 1.165) is 11.1 Å². The second-order valence-corrected chi connectivity index (χ2v) is 6.71. The number of nitrogens with zero attached hydrogens (tertiary/aromatic N) is 3. The van der Waals surface area contributed by atoms with Crippen LogP contribution in [0.2, 0.25) is 0 Å². The highest BCUT2D eigenvalue weighted by Crippen LogP contribution is 2.23. The predicted octanol–water partition coefficient (Wildman–Crippen LogP) is 2.31. The zero-order chi connectivity index (χ0) is 18.4. The fourth-order valence-electron chi connectivity index (χ4n) is 2.45. The lowest BCUT2D eigenvalue weighted by Gasteiger charge is -2.10. The third-order valence-corrected chi connectivity index (χ3v) is 4.91. The van der Waals surface area contributed by atoms with Crippen molar-refractivity contribution >= 4 is 17.7 Å². The van der Waals surface area contributed by atoms with E-state index in [1.54, 1.807) is 11.6 Å². The Labute approximate surface area is 156 Å². The molecule has 0 spiro atoms. The van der Waals surface area contributed by atoms with Gasteiger partial charge in [0.15, 0.2) is 11.0 Å². The molecule has 1 aromatic heterocycles. The Morgan fingerprint density at radius 1 is 1.12 bits per heavy atom. The van der Waals surface area contributed by atoms with Crippen molar-refractivity contribution < 1.29 is 9.90 Å². The molecule has 0 unspecified atom stereocenters. The molecule has 1 heterocycles. The Hall–Kier alpha value is -2.64. The SMILES string of the molecule is Cn1c(SCC(=O)NCc2ccccc2)nnc1[C@H](O)c1ccccc1. The lowest BCUT2D eigenvalue weighted by molar-refractivity contribution is -0.118. The molecule has 6 nitrogen and oxygen atoms in total. The molecule has 3 aromatic rings. The lowest BCUT2D eigenvalue weighted by atomic mass is 10.1. The van der Waals surface area contributed by atoms with Crippen molar-refractivity contribution in [3.05, 3.63) is 77.6 Å². The average molecular weight is 368 g/mol. The minimum absolute atomic E-state index is 0.0768. The second kappa shape index (κ2) is 8.64. The predicted molar refractivity (Wildman–Crippen MR) is 101 cm³/mol. The number of carbonyl (C=O) groups is 1. The standard InChI is InChI=1S/C19H20N4O2S/c1-23-18(17(25)15-10-6-3-7-11-15)21-22-19(23)26-13-16(24)20-12-14-8-4-2-5-9-14/h2-11,17,25H,12-13H2,1H3,(H,20,24)/t17-/m1/s1. The first-order valence-corrected chi connectivity index (χ1v) is 9.19. The summed E-state index contributed by atoms with van der Waals surface area (Å²) in [6.45, 7) is 0.497. The van der Waals surface area contributed by atoms with Gasteiger partial charge >= 0.3 is 0 Å². The van der Waals surface area contributed by atoms with Gasteiger partial charge in [-0.15, -0.1) is 10.2 Å². The number of aliphatic hydroxyl groups excluding tert-OH is 1. The molecule has 3 rings (SSSR count). The smallest absolute Gasteiger partial charge is 0.230 e. The largest absolute Gasteiger partial charge is 0.380 e. The first-order valence-electron chi connectivity index (χ1n) is 8.21. The molecule has 0 bridgehead atoms.